The van der Waals surface area contributed by atoms with Crippen LogP contribution in [0.5, 0.6) is 0 Å². The molecule has 24 heavy (non-hydrogen) atoms. The van der Waals surface area contributed by atoms with Gasteiger partial charge in [0.15, 0.2) is 0 Å². The zero-order valence-electron chi connectivity index (χ0n) is 13.9. The predicted molar refractivity (Wildman–Crippen MR) is 97.0 cm³/mol. The number of aryl methyl sites for hydroxylation is 1. The third kappa shape index (κ3) is 5.21. The van der Waals surface area contributed by atoms with Crippen LogP contribution < -0.4 is 9.73 Å². The molecule has 1 fully saturated rings. The number of sulfonamides is 1. The number of carbonyl (C=O) groups excluding carboxylic acids is 1. The highest BCUT2D eigenvalue weighted by Gasteiger charge is 2.22. The van der Waals surface area contributed by atoms with Crippen LogP contribution in [0.15, 0.2) is 23.3 Å². The van der Waals surface area contributed by atoms with E-state index in [1.807, 2.05) is 0 Å². The Morgan fingerprint density at radius 3 is 2.58 bits per heavy atom. The zero-order chi connectivity index (χ0) is 17.7. The molecule has 1 aliphatic rings. The minimum Gasteiger partial charge on any atom is -0.271 e. The van der Waals surface area contributed by atoms with Gasteiger partial charge in [-0.3, -0.25) is 9.10 Å². The highest BCUT2D eigenvalue weighted by atomic mass is 35.5. The summed E-state index contributed by atoms with van der Waals surface area (Å²) in [4.78, 5) is 12.2. The normalized spacial score (nSPS) is 15.0. The maximum atomic E-state index is 12.2. The van der Waals surface area contributed by atoms with Crippen molar-refractivity contribution >= 4 is 38.9 Å². The van der Waals surface area contributed by atoms with E-state index >= 15 is 0 Å². The van der Waals surface area contributed by atoms with E-state index < -0.39 is 15.9 Å². The number of hydrogen-bond acceptors (Lipinski definition) is 4. The van der Waals surface area contributed by atoms with Crippen LogP contribution in [0.3, 0.4) is 0 Å². The first-order valence-electron chi connectivity index (χ1n) is 7.85. The first kappa shape index (κ1) is 18.7. The van der Waals surface area contributed by atoms with Crippen LogP contribution >= 0.6 is 11.6 Å². The SMILES string of the molecule is Cc1ccc(Cl)cc1N(CC(=O)NN=C1CCCCC1)S(C)(=O)=O. The third-order valence-corrected chi connectivity index (χ3v) is 5.26. The van der Waals surface area contributed by atoms with Crippen molar-refractivity contribution in [1.29, 1.82) is 0 Å². The lowest BCUT2D eigenvalue weighted by atomic mass is 9.99. The fourth-order valence-corrected chi connectivity index (χ4v) is 3.68. The van der Waals surface area contributed by atoms with E-state index in [1.54, 1.807) is 19.1 Å². The van der Waals surface area contributed by atoms with Crippen LogP contribution in [0.1, 0.15) is 37.7 Å². The zero-order valence-corrected chi connectivity index (χ0v) is 15.5. The molecule has 1 saturated carbocycles. The number of amides is 1. The number of anilines is 1. The lowest BCUT2D eigenvalue weighted by molar-refractivity contribution is -0.119. The minimum atomic E-state index is -3.63. The van der Waals surface area contributed by atoms with Gasteiger partial charge in [-0.15, -0.1) is 0 Å². The summed E-state index contributed by atoms with van der Waals surface area (Å²) in [5, 5.41) is 4.53. The molecule has 0 saturated heterocycles. The van der Waals surface area contributed by atoms with Crippen molar-refractivity contribution in [1.82, 2.24) is 5.43 Å². The molecule has 0 heterocycles. The van der Waals surface area contributed by atoms with Gasteiger partial charge in [0.2, 0.25) is 10.0 Å². The average molecular weight is 372 g/mol. The Hall–Kier alpha value is -1.60. The summed E-state index contributed by atoms with van der Waals surface area (Å²) in [7, 11) is -3.63. The smallest absolute Gasteiger partial charge is 0.260 e. The molecule has 1 aromatic carbocycles. The minimum absolute atomic E-state index is 0.337. The molecule has 0 atom stereocenters. The average Bonchev–Trinajstić information content (AvgIpc) is 2.53. The standard InChI is InChI=1S/C16H22ClN3O3S/c1-12-8-9-13(17)10-15(12)20(24(2,22)23)11-16(21)19-18-14-6-4-3-5-7-14/h8-10H,3-7,11H2,1-2H3,(H,19,21). The van der Waals surface area contributed by atoms with E-state index in [0.29, 0.717) is 10.7 Å². The summed E-state index contributed by atoms with van der Waals surface area (Å²) < 4.78 is 25.3. The molecule has 6 nitrogen and oxygen atoms in total. The number of nitrogens with zero attached hydrogens (tertiary/aromatic N) is 2. The van der Waals surface area contributed by atoms with Crippen molar-refractivity contribution < 1.29 is 13.2 Å². The number of hydrazone groups is 1. The Kier molecular flexibility index (Phi) is 6.23. The van der Waals surface area contributed by atoms with E-state index in [0.717, 1.165) is 47.5 Å². The molecule has 0 radical (unpaired) electrons. The van der Waals surface area contributed by atoms with E-state index in [1.165, 1.54) is 12.5 Å². The molecular weight excluding hydrogens is 350 g/mol. The maximum Gasteiger partial charge on any atom is 0.260 e. The monoisotopic (exact) mass is 371 g/mol. The van der Waals surface area contributed by atoms with E-state index in [2.05, 4.69) is 10.5 Å². The molecule has 1 amide bonds. The molecule has 2 rings (SSSR count). The molecular formula is C16H22ClN3O3S. The van der Waals surface area contributed by atoms with Crippen molar-refractivity contribution in [3.05, 3.63) is 28.8 Å². The van der Waals surface area contributed by atoms with Crippen molar-refractivity contribution in [3.8, 4) is 0 Å². The van der Waals surface area contributed by atoms with Gasteiger partial charge in [-0.2, -0.15) is 5.10 Å². The Bertz CT molecular complexity index is 739. The molecule has 0 bridgehead atoms. The topological polar surface area (TPSA) is 78.8 Å². The first-order chi connectivity index (χ1) is 11.3. The summed E-state index contributed by atoms with van der Waals surface area (Å²) in [6.07, 6.45) is 6.15. The predicted octanol–water partition coefficient (Wildman–Crippen LogP) is 2.85. The van der Waals surface area contributed by atoms with Gasteiger partial charge >= 0.3 is 0 Å². The maximum absolute atomic E-state index is 12.2. The molecule has 0 unspecified atom stereocenters. The molecule has 132 valence electrons. The van der Waals surface area contributed by atoms with Gasteiger partial charge < -0.3 is 0 Å². The lowest BCUT2D eigenvalue weighted by Crippen LogP contribution is -2.39. The van der Waals surface area contributed by atoms with Gasteiger partial charge in [-0.05, 0) is 50.3 Å². The summed E-state index contributed by atoms with van der Waals surface area (Å²) in [5.41, 5.74) is 4.54. The number of nitrogens with one attached hydrogen (secondary N) is 1. The Balaban J connectivity index is 2.14. The van der Waals surface area contributed by atoms with E-state index in [9.17, 15) is 13.2 Å². The number of carbonyl (C=O) groups is 1. The van der Waals surface area contributed by atoms with Gasteiger partial charge in [0, 0.05) is 10.7 Å². The Morgan fingerprint density at radius 2 is 1.96 bits per heavy atom. The van der Waals surface area contributed by atoms with Crippen LogP contribution in [0.25, 0.3) is 0 Å². The van der Waals surface area contributed by atoms with Gasteiger partial charge in [0.25, 0.3) is 5.91 Å². The molecule has 8 heteroatoms. The van der Waals surface area contributed by atoms with E-state index in [4.69, 9.17) is 11.6 Å². The van der Waals surface area contributed by atoms with Crippen LogP contribution in [0.4, 0.5) is 5.69 Å². The molecule has 0 aromatic heterocycles. The molecule has 1 aromatic rings. The summed E-state index contributed by atoms with van der Waals surface area (Å²) >= 11 is 5.97. The van der Waals surface area contributed by atoms with Crippen molar-refractivity contribution in [2.24, 2.45) is 5.10 Å². The lowest BCUT2D eigenvalue weighted by Gasteiger charge is -2.23. The second-order valence-corrected chi connectivity index (χ2v) is 8.32. The molecule has 1 N–H and O–H groups in total. The third-order valence-electron chi connectivity index (χ3n) is 3.90. The largest absolute Gasteiger partial charge is 0.271 e. The van der Waals surface area contributed by atoms with Gasteiger partial charge in [0.05, 0.1) is 11.9 Å². The van der Waals surface area contributed by atoms with Crippen molar-refractivity contribution in [3.63, 3.8) is 0 Å². The number of benzene rings is 1. The Labute approximate surface area is 147 Å². The highest BCUT2D eigenvalue weighted by molar-refractivity contribution is 7.92. The molecule has 1 aliphatic carbocycles. The van der Waals surface area contributed by atoms with Crippen molar-refractivity contribution in [2.45, 2.75) is 39.0 Å². The van der Waals surface area contributed by atoms with Crippen LogP contribution in [0.2, 0.25) is 5.02 Å². The van der Waals surface area contributed by atoms with Gasteiger partial charge in [-0.1, -0.05) is 24.1 Å². The fourth-order valence-electron chi connectivity index (χ4n) is 2.61. The van der Waals surface area contributed by atoms with E-state index in [-0.39, 0.29) is 6.54 Å². The van der Waals surface area contributed by atoms with Crippen LogP contribution in [0, 0.1) is 6.92 Å². The Morgan fingerprint density at radius 1 is 1.29 bits per heavy atom. The van der Waals surface area contributed by atoms with Crippen LogP contribution in [-0.4, -0.2) is 32.8 Å². The summed E-state index contributed by atoms with van der Waals surface area (Å²) in [5.74, 6) is -0.474. The quantitative estimate of drug-likeness (QED) is 0.808. The van der Waals surface area contributed by atoms with Gasteiger partial charge in [-0.25, -0.2) is 13.8 Å². The first-order valence-corrected chi connectivity index (χ1v) is 10.1. The molecule has 0 aliphatic heterocycles. The summed E-state index contributed by atoms with van der Waals surface area (Å²) in [6.45, 7) is 1.43. The number of halogens is 1. The van der Waals surface area contributed by atoms with Gasteiger partial charge in [0.1, 0.15) is 6.54 Å². The second kappa shape index (κ2) is 7.98. The highest BCUT2D eigenvalue weighted by Crippen LogP contribution is 2.26. The fraction of sp³-hybridized carbons (Fsp3) is 0.500. The van der Waals surface area contributed by atoms with Crippen LogP contribution in [-0.2, 0) is 14.8 Å². The summed E-state index contributed by atoms with van der Waals surface area (Å²) in [6, 6.07) is 4.93. The number of rotatable bonds is 5. The van der Waals surface area contributed by atoms with Crippen molar-refractivity contribution in [2.75, 3.05) is 17.1 Å². The second-order valence-electron chi connectivity index (χ2n) is 5.97. The molecule has 0 spiro atoms. The number of hydrogen-bond donors (Lipinski definition) is 1.